The van der Waals surface area contributed by atoms with Crippen molar-refractivity contribution in [2.24, 2.45) is 23.7 Å². The Labute approximate surface area is 110 Å². The lowest BCUT2D eigenvalue weighted by molar-refractivity contribution is 0.00140. The highest BCUT2D eigenvalue weighted by Gasteiger charge is 2.45. The lowest BCUT2D eigenvalue weighted by Crippen LogP contribution is -2.42. The molecule has 0 amide bonds. The third kappa shape index (κ3) is 1.82. The van der Waals surface area contributed by atoms with E-state index in [4.69, 9.17) is 0 Å². The third-order valence-corrected chi connectivity index (χ3v) is 5.70. The quantitative estimate of drug-likeness (QED) is 0.644. The van der Waals surface area contributed by atoms with Crippen molar-refractivity contribution in [1.82, 2.24) is 19.8 Å². The first-order valence-electron chi connectivity index (χ1n) is 7.56. The fourth-order valence-corrected chi connectivity index (χ4v) is 4.87. The molecule has 4 atom stereocenters. The zero-order valence-electron chi connectivity index (χ0n) is 11.8. The van der Waals surface area contributed by atoms with Crippen LogP contribution >= 0.6 is 0 Å². The van der Waals surface area contributed by atoms with Crippen LogP contribution in [0.25, 0.3) is 0 Å². The van der Waals surface area contributed by atoms with E-state index in [0.29, 0.717) is 0 Å². The maximum absolute atomic E-state index is 2.70. The molecule has 0 bridgehead atoms. The van der Waals surface area contributed by atoms with Crippen LogP contribution in [0.5, 0.6) is 0 Å². The van der Waals surface area contributed by atoms with Gasteiger partial charge in [-0.05, 0) is 37.8 Å². The number of likely N-dealkylation sites (tertiary alicyclic amines) is 2. The van der Waals surface area contributed by atoms with E-state index < -0.39 is 0 Å². The summed E-state index contributed by atoms with van der Waals surface area (Å²) in [4.78, 5) is 5.03. The van der Waals surface area contributed by atoms with E-state index in [-0.39, 0.29) is 0 Å². The molecular formula is C14H26N4. The van der Waals surface area contributed by atoms with Crippen LogP contribution in [0.4, 0.5) is 0 Å². The Morgan fingerprint density at radius 1 is 0.500 bits per heavy atom. The summed E-state index contributed by atoms with van der Waals surface area (Å²) in [7, 11) is 4.55. The van der Waals surface area contributed by atoms with Crippen molar-refractivity contribution in [2.45, 2.75) is 0 Å². The Bertz CT molecular complexity index is 274. The van der Waals surface area contributed by atoms with Crippen LogP contribution in [0, 0.1) is 23.7 Å². The second kappa shape index (κ2) is 4.17. The largest absolute Gasteiger partial charge is 0.306 e. The van der Waals surface area contributed by atoms with Crippen molar-refractivity contribution in [1.29, 1.82) is 0 Å². The molecule has 4 rings (SSSR count). The van der Waals surface area contributed by atoms with E-state index in [0.717, 1.165) is 23.7 Å². The van der Waals surface area contributed by atoms with E-state index in [2.05, 4.69) is 33.9 Å². The van der Waals surface area contributed by atoms with E-state index in [1.54, 1.807) is 0 Å². The molecule has 4 heteroatoms. The van der Waals surface area contributed by atoms with Crippen LogP contribution in [-0.4, -0.2) is 86.3 Å². The van der Waals surface area contributed by atoms with E-state index >= 15 is 0 Å². The van der Waals surface area contributed by atoms with E-state index in [9.17, 15) is 0 Å². The van der Waals surface area contributed by atoms with Crippen LogP contribution < -0.4 is 0 Å². The summed E-state index contributed by atoms with van der Waals surface area (Å²) in [5.74, 6) is 3.77. The smallest absolute Gasteiger partial charge is 0.0177 e. The van der Waals surface area contributed by atoms with Gasteiger partial charge in [0.15, 0.2) is 0 Å². The summed E-state index contributed by atoms with van der Waals surface area (Å²) in [6.07, 6.45) is 0. The first kappa shape index (κ1) is 11.6. The van der Waals surface area contributed by atoms with Gasteiger partial charge in [0.1, 0.15) is 0 Å². The van der Waals surface area contributed by atoms with Gasteiger partial charge >= 0.3 is 0 Å². The minimum atomic E-state index is 0.943. The van der Waals surface area contributed by atoms with Gasteiger partial charge in [0.05, 0.1) is 0 Å². The number of hydrazine groups is 1. The van der Waals surface area contributed by atoms with Crippen molar-refractivity contribution in [2.75, 3.05) is 66.5 Å². The number of hydrogen-bond acceptors (Lipinski definition) is 4. The van der Waals surface area contributed by atoms with Gasteiger partial charge in [-0.3, -0.25) is 0 Å². The summed E-state index contributed by atoms with van der Waals surface area (Å²) >= 11 is 0. The molecule has 4 unspecified atom stereocenters. The van der Waals surface area contributed by atoms with Gasteiger partial charge in [-0.15, -0.1) is 0 Å². The molecule has 4 heterocycles. The zero-order valence-corrected chi connectivity index (χ0v) is 11.8. The predicted molar refractivity (Wildman–Crippen MR) is 72.1 cm³/mol. The maximum Gasteiger partial charge on any atom is 0.0177 e. The second-order valence-electron chi connectivity index (χ2n) is 7.23. The molecule has 0 saturated carbocycles. The zero-order chi connectivity index (χ0) is 12.3. The fraction of sp³-hybridized carbons (Fsp3) is 1.00. The van der Waals surface area contributed by atoms with E-state index in [1.165, 1.54) is 52.4 Å². The molecule has 4 aliphatic rings. The monoisotopic (exact) mass is 250 g/mol. The number of fused-ring (bicyclic) bond motifs is 2. The first-order valence-corrected chi connectivity index (χ1v) is 7.56. The second-order valence-corrected chi connectivity index (χ2v) is 7.23. The third-order valence-electron chi connectivity index (χ3n) is 5.70. The molecule has 0 aromatic rings. The molecule has 4 nitrogen and oxygen atoms in total. The minimum Gasteiger partial charge on any atom is -0.306 e. The molecule has 0 aliphatic carbocycles. The summed E-state index contributed by atoms with van der Waals surface area (Å²) in [5, 5.41) is 5.39. The van der Waals surface area contributed by atoms with Gasteiger partial charge in [0.25, 0.3) is 0 Å². The van der Waals surface area contributed by atoms with E-state index in [1.807, 2.05) is 0 Å². The number of rotatable bonds is 1. The van der Waals surface area contributed by atoms with Gasteiger partial charge in [0.2, 0.25) is 0 Å². The number of hydrogen-bond donors (Lipinski definition) is 0. The molecule has 0 N–H and O–H groups in total. The first-order chi connectivity index (χ1) is 8.69. The Morgan fingerprint density at radius 2 is 0.778 bits per heavy atom. The van der Waals surface area contributed by atoms with Crippen molar-refractivity contribution in [3.05, 3.63) is 0 Å². The Morgan fingerprint density at radius 3 is 1.06 bits per heavy atom. The minimum absolute atomic E-state index is 0.943. The maximum atomic E-state index is 2.70. The molecular weight excluding hydrogens is 224 g/mol. The number of nitrogens with zero attached hydrogens (tertiary/aromatic N) is 4. The highest BCUT2D eigenvalue weighted by molar-refractivity contribution is 4.95. The van der Waals surface area contributed by atoms with Crippen LogP contribution in [0.15, 0.2) is 0 Å². The molecule has 4 saturated heterocycles. The summed E-state index contributed by atoms with van der Waals surface area (Å²) in [5.41, 5.74) is 0. The van der Waals surface area contributed by atoms with Gasteiger partial charge in [0, 0.05) is 52.4 Å². The topological polar surface area (TPSA) is 13.0 Å². The Hall–Kier alpha value is -0.160. The Balaban J connectivity index is 1.37. The molecule has 4 fully saturated rings. The van der Waals surface area contributed by atoms with Crippen LogP contribution in [0.1, 0.15) is 0 Å². The SMILES string of the molecule is CN1CC2CN(N3CC4CN(C)CC4C3)CC2C1. The Kier molecular flexibility index (Phi) is 2.70. The lowest BCUT2D eigenvalue weighted by Gasteiger charge is -2.30. The molecule has 0 radical (unpaired) electrons. The summed E-state index contributed by atoms with van der Waals surface area (Å²) in [6.45, 7) is 10.6. The summed E-state index contributed by atoms with van der Waals surface area (Å²) < 4.78 is 0. The average molecular weight is 250 g/mol. The van der Waals surface area contributed by atoms with Gasteiger partial charge < -0.3 is 9.80 Å². The van der Waals surface area contributed by atoms with Gasteiger partial charge in [-0.1, -0.05) is 0 Å². The van der Waals surface area contributed by atoms with Crippen molar-refractivity contribution in [3.8, 4) is 0 Å². The lowest BCUT2D eigenvalue weighted by atomic mass is 10.0. The highest BCUT2D eigenvalue weighted by atomic mass is 15.6. The molecule has 4 aliphatic heterocycles. The van der Waals surface area contributed by atoms with Crippen LogP contribution in [0.2, 0.25) is 0 Å². The fourth-order valence-electron chi connectivity index (χ4n) is 4.87. The van der Waals surface area contributed by atoms with Gasteiger partial charge in [-0.2, -0.15) is 0 Å². The van der Waals surface area contributed by atoms with Gasteiger partial charge in [-0.25, -0.2) is 10.0 Å². The molecule has 18 heavy (non-hydrogen) atoms. The molecule has 0 aromatic heterocycles. The summed E-state index contributed by atoms with van der Waals surface area (Å²) in [6, 6.07) is 0. The van der Waals surface area contributed by atoms with Crippen LogP contribution in [-0.2, 0) is 0 Å². The highest BCUT2D eigenvalue weighted by Crippen LogP contribution is 2.36. The average Bonchev–Trinajstić information content (AvgIpc) is 2.94. The van der Waals surface area contributed by atoms with Crippen molar-refractivity contribution in [3.63, 3.8) is 0 Å². The molecule has 102 valence electrons. The normalized spacial score (nSPS) is 47.0. The molecule has 0 spiro atoms. The van der Waals surface area contributed by atoms with Crippen molar-refractivity contribution >= 4 is 0 Å². The predicted octanol–water partition coefficient (Wildman–Crippen LogP) is -0.112. The standard InChI is InChI=1S/C14H26N4/c1-15-3-11-7-17(8-12(11)4-15)18-9-13-5-16(2)6-14(13)10-18/h11-14H,3-10H2,1-2H3. The molecule has 0 aromatic carbocycles. The van der Waals surface area contributed by atoms with Crippen LogP contribution in [0.3, 0.4) is 0 Å². The van der Waals surface area contributed by atoms with Crippen molar-refractivity contribution < 1.29 is 0 Å².